The van der Waals surface area contributed by atoms with Crippen LogP contribution >= 0.6 is 0 Å². The lowest BCUT2D eigenvalue weighted by atomic mass is 10.0. The lowest BCUT2D eigenvalue weighted by Gasteiger charge is -2.06. The van der Waals surface area contributed by atoms with Crippen LogP contribution in [0.5, 0.6) is 0 Å². The first-order chi connectivity index (χ1) is 5.15. The summed E-state index contributed by atoms with van der Waals surface area (Å²) in [6.07, 6.45) is 1.07. The van der Waals surface area contributed by atoms with Crippen LogP contribution in [-0.2, 0) is 6.42 Å². The van der Waals surface area contributed by atoms with Gasteiger partial charge in [-0.3, -0.25) is 0 Å². The molecule has 0 aromatic heterocycles. The van der Waals surface area contributed by atoms with Crippen molar-refractivity contribution in [3.8, 4) is 0 Å². The maximum absolute atomic E-state index is 5.77. The molecule has 0 spiro atoms. The average molecular weight is 149 g/mol. The predicted molar refractivity (Wildman–Crippen MR) is 49.7 cm³/mol. The standard InChI is InChI=1S/C10H15N/c1-4-9-6-10(11)8(3)5-7(9)2/h5-6H,4,11H2,1-3H3. The number of hydrogen-bond acceptors (Lipinski definition) is 1. The maximum atomic E-state index is 5.77. The Hall–Kier alpha value is -0.980. The van der Waals surface area contributed by atoms with E-state index in [4.69, 9.17) is 5.73 Å². The third-order valence-corrected chi connectivity index (χ3v) is 2.11. The van der Waals surface area contributed by atoms with Gasteiger partial charge in [0, 0.05) is 5.69 Å². The molecule has 0 saturated carbocycles. The maximum Gasteiger partial charge on any atom is 0.0346 e. The predicted octanol–water partition coefficient (Wildman–Crippen LogP) is 2.45. The summed E-state index contributed by atoms with van der Waals surface area (Å²) in [5, 5.41) is 0. The van der Waals surface area contributed by atoms with Gasteiger partial charge in [-0.2, -0.15) is 0 Å². The molecule has 0 aliphatic carbocycles. The van der Waals surface area contributed by atoms with Crippen molar-refractivity contribution in [3.63, 3.8) is 0 Å². The van der Waals surface area contributed by atoms with Crippen LogP contribution in [0.1, 0.15) is 23.6 Å². The van der Waals surface area contributed by atoms with Crippen molar-refractivity contribution in [2.24, 2.45) is 0 Å². The van der Waals surface area contributed by atoms with Crippen LogP contribution in [0.3, 0.4) is 0 Å². The fraction of sp³-hybridized carbons (Fsp3) is 0.400. The topological polar surface area (TPSA) is 26.0 Å². The number of rotatable bonds is 1. The van der Waals surface area contributed by atoms with Gasteiger partial charge in [0.15, 0.2) is 0 Å². The molecule has 0 radical (unpaired) electrons. The molecule has 1 nitrogen and oxygen atoms in total. The van der Waals surface area contributed by atoms with Crippen molar-refractivity contribution in [1.82, 2.24) is 0 Å². The van der Waals surface area contributed by atoms with Crippen LogP contribution in [0, 0.1) is 13.8 Å². The van der Waals surface area contributed by atoms with Gasteiger partial charge in [-0.15, -0.1) is 0 Å². The highest BCUT2D eigenvalue weighted by Gasteiger charge is 1.98. The molecular formula is C10H15N. The van der Waals surface area contributed by atoms with Crippen molar-refractivity contribution in [2.75, 3.05) is 5.73 Å². The van der Waals surface area contributed by atoms with Crippen LogP contribution in [0.2, 0.25) is 0 Å². The second-order valence-electron chi connectivity index (χ2n) is 2.99. The molecular weight excluding hydrogens is 134 g/mol. The van der Waals surface area contributed by atoms with Gasteiger partial charge in [0.1, 0.15) is 0 Å². The van der Waals surface area contributed by atoms with E-state index in [1.54, 1.807) is 0 Å². The molecule has 0 bridgehead atoms. The number of hydrogen-bond donors (Lipinski definition) is 1. The molecule has 0 atom stereocenters. The number of nitrogens with two attached hydrogens (primary N) is 1. The average Bonchev–Trinajstić information content (AvgIpc) is 1.97. The highest BCUT2D eigenvalue weighted by molar-refractivity contribution is 5.51. The van der Waals surface area contributed by atoms with Gasteiger partial charge in [-0.05, 0) is 43.0 Å². The number of aryl methyl sites for hydroxylation is 3. The first-order valence-corrected chi connectivity index (χ1v) is 4.00. The first kappa shape index (κ1) is 8.12. The Morgan fingerprint density at radius 3 is 2.36 bits per heavy atom. The van der Waals surface area contributed by atoms with Crippen LogP contribution in [-0.4, -0.2) is 0 Å². The van der Waals surface area contributed by atoms with E-state index in [1.807, 2.05) is 6.92 Å². The second kappa shape index (κ2) is 2.95. The third-order valence-electron chi connectivity index (χ3n) is 2.11. The fourth-order valence-electron chi connectivity index (χ4n) is 1.30. The van der Waals surface area contributed by atoms with Gasteiger partial charge < -0.3 is 5.73 Å². The summed E-state index contributed by atoms with van der Waals surface area (Å²) in [6.45, 7) is 6.32. The fourth-order valence-corrected chi connectivity index (χ4v) is 1.30. The van der Waals surface area contributed by atoms with Gasteiger partial charge in [-0.25, -0.2) is 0 Å². The minimum Gasteiger partial charge on any atom is -0.399 e. The Morgan fingerprint density at radius 2 is 1.82 bits per heavy atom. The molecule has 0 aliphatic rings. The second-order valence-corrected chi connectivity index (χ2v) is 2.99. The quantitative estimate of drug-likeness (QED) is 0.610. The number of anilines is 1. The Bertz CT molecular complexity index is 264. The lowest BCUT2D eigenvalue weighted by Crippen LogP contribution is -1.94. The molecule has 2 N–H and O–H groups in total. The van der Waals surface area contributed by atoms with Crippen molar-refractivity contribution in [1.29, 1.82) is 0 Å². The monoisotopic (exact) mass is 149 g/mol. The number of benzene rings is 1. The Labute approximate surface area is 68.2 Å². The highest BCUT2D eigenvalue weighted by atomic mass is 14.6. The molecule has 0 fully saturated rings. The summed E-state index contributed by atoms with van der Waals surface area (Å²) in [6, 6.07) is 4.22. The summed E-state index contributed by atoms with van der Waals surface area (Å²) in [7, 11) is 0. The summed E-state index contributed by atoms with van der Waals surface area (Å²) in [5.74, 6) is 0. The lowest BCUT2D eigenvalue weighted by molar-refractivity contribution is 1.10. The first-order valence-electron chi connectivity index (χ1n) is 4.00. The molecule has 0 amide bonds. The molecule has 0 aliphatic heterocycles. The van der Waals surface area contributed by atoms with E-state index in [-0.39, 0.29) is 0 Å². The molecule has 1 aromatic rings. The molecule has 11 heavy (non-hydrogen) atoms. The van der Waals surface area contributed by atoms with Gasteiger partial charge in [0.25, 0.3) is 0 Å². The van der Waals surface area contributed by atoms with Crippen molar-refractivity contribution >= 4 is 5.69 Å². The van der Waals surface area contributed by atoms with Crippen molar-refractivity contribution in [3.05, 3.63) is 28.8 Å². The zero-order valence-corrected chi connectivity index (χ0v) is 7.44. The molecule has 0 saturated heterocycles. The Kier molecular flexibility index (Phi) is 2.18. The van der Waals surface area contributed by atoms with E-state index in [9.17, 15) is 0 Å². The summed E-state index contributed by atoms with van der Waals surface area (Å²) in [4.78, 5) is 0. The zero-order chi connectivity index (χ0) is 8.43. The van der Waals surface area contributed by atoms with E-state index in [1.165, 1.54) is 16.7 Å². The largest absolute Gasteiger partial charge is 0.399 e. The van der Waals surface area contributed by atoms with E-state index < -0.39 is 0 Å². The molecule has 1 rings (SSSR count). The Morgan fingerprint density at radius 1 is 1.18 bits per heavy atom. The third kappa shape index (κ3) is 1.53. The molecule has 60 valence electrons. The minimum absolute atomic E-state index is 0.910. The van der Waals surface area contributed by atoms with Gasteiger partial charge >= 0.3 is 0 Å². The summed E-state index contributed by atoms with van der Waals surface area (Å²) in [5.41, 5.74) is 10.6. The summed E-state index contributed by atoms with van der Waals surface area (Å²) >= 11 is 0. The molecule has 1 aromatic carbocycles. The van der Waals surface area contributed by atoms with Gasteiger partial charge in [0.05, 0.1) is 0 Å². The van der Waals surface area contributed by atoms with Crippen LogP contribution < -0.4 is 5.73 Å². The zero-order valence-electron chi connectivity index (χ0n) is 7.44. The molecule has 0 unspecified atom stereocenters. The van der Waals surface area contributed by atoms with E-state index in [2.05, 4.69) is 26.0 Å². The molecule has 1 heteroatoms. The van der Waals surface area contributed by atoms with E-state index in [0.717, 1.165) is 12.1 Å². The van der Waals surface area contributed by atoms with Gasteiger partial charge in [0.2, 0.25) is 0 Å². The van der Waals surface area contributed by atoms with E-state index in [0.29, 0.717) is 0 Å². The highest BCUT2D eigenvalue weighted by Crippen LogP contribution is 2.17. The minimum atomic E-state index is 0.910. The van der Waals surface area contributed by atoms with Crippen molar-refractivity contribution in [2.45, 2.75) is 27.2 Å². The summed E-state index contributed by atoms with van der Waals surface area (Å²) < 4.78 is 0. The molecule has 0 heterocycles. The van der Waals surface area contributed by atoms with E-state index >= 15 is 0 Å². The van der Waals surface area contributed by atoms with Crippen LogP contribution in [0.4, 0.5) is 5.69 Å². The van der Waals surface area contributed by atoms with Crippen LogP contribution in [0.25, 0.3) is 0 Å². The normalized spacial score (nSPS) is 10.1. The van der Waals surface area contributed by atoms with Gasteiger partial charge in [-0.1, -0.05) is 13.0 Å². The Balaban J connectivity index is 3.21. The smallest absolute Gasteiger partial charge is 0.0346 e. The van der Waals surface area contributed by atoms with Crippen molar-refractivity contribution < 1.29 is 0 Å². The SMILES string of the molecule is CCc1cc(N)c(C)cc1C. The number of nitrogen functional groups attached to an aromatic ring is 1. The van der Waals surface area contributed by atoms with Crippen LogP contribution in [0.15, 0.2) is 12.1 Å².